The normalized spacial score (nSPS) is 17.8. The van der Waals surface area contributed by atoms with Crippen LogP contribution in [-0.4, -0.2) is 133 Å². The average Bonchev–Trinajstić information content (AvgIpc) is 4.20. The summed E-state index contributed by atoms with van der Waals surface area (Å²) in [6, 6.07) is 45.6. The van der Waals surface area contributed by atoms with Gasteiger partial charge in [-0.3, -0.25) is 25.6 Å². The molecule has 2 unspecified atom stereocenters. The summed E-state index contributed by atoms with van der Waals surface area (Å²) < 4.78 is 35.3. The van der Waals surface area contributed by atoms with E-state index in [1.165, 1.54) is 6.92 Å². The standard InChI is InChI=1S/C57H63ClN8O15/c1-4-5-27-48-61-53(58)50(55(68)77-37(2)78-56(69)80-47-36-75-51-46(35-74-52(47)51)79-49(67)28-17-24-43(81-66(72)73)34-76-65(70)71)63(48)33-38-29-31-39(32-30-38)44-25-15-16-26-45(44)54(62-59)64(60-3)57(40-18-9-6-10-19-40,41-20-11-7-12-21-41)42-22-13-8-14-23-42/h6-16,18-23,25-26,29-32,37,43,46-47,51-52,70-73H,3-5,17,24,27-28,33-36,59H2,1-2H3/b62-54-/t37?,43?,46-,47-,51-,52-/m1/s1. The molecule has 6 aromatic rings. The highest BCUT2D eigenvalue weighted by molar-refractivity contribution is 6.32. The number of hydrogen-bond acceptors (Lipinski definition) is 21. The van der Waals surface area contributed by atoms with Gasteiger partial charge in [0, 0.05) is 38.6 Å². The Bertz CT molecular complexity index is 2970. The molecule has 0 aliphatic carbocycles. The number of imidazole rings is 1. The van der Waals surface area contributed by atoms with E-state index >= 15 is 0 Å². The van der Waals surface area contributed by atoms with Crippen LogP contribution in [0.1, 0.15) is 90.1 Å². The maximum absolute atomic E-state index is 14.0. The van der Waals surface area contributed by atoms with Crippen molar-refractivity contribution < 1.29 is 73.3 Å². The van der Waals surface area contributed by atoms with E-state index in [2.05, 4.69) is 26.5 Å². The van der Waals surface area contributed by atoms with E-state index < -0.39 is 77.8 Å². The number of nitrogens with two attached hydrogens (primary N) is 1. The molecule has 0 radical (unpaired) electrons. The molecule has 0 saturated carbocycles. The number of rotatable bonds is 26. The number of amidine groups is 1. The Morgan fingerprint density at radius 1 is 0.802 bits per heavy atom. The Morgan fingerprint density at radius 2 is 1.38 bits per heavy atom. The number of ether oxygens (including phenoxy) is 6. The van der Waals surface area contributed by atoms with Crippen molar-refractivity contribution in [1.82, 2.24) is 25.3 Å². The Hall–Kier alpha value is -7.65. The number of fused-ring (bicyclic) bond motifs is 1. The predicted octanol–water partition coefficient (Wildman–Crippen LogP) is 8.42. The van der Waals surface area contributed by atoms with Gasteiger partial charge in [0.25, 0.3) is 0 Å². The van der Waals surface area contributed by atoms with E-state index in [1.807, 2.05) is 146 Å². The fourth-order valence-electron chi connectivity index (χ4n) is 10.0. The predicted molar refractivity (Wildman–Crippen MR) is 289 cm³/mol. The van der Waals surface area contributed by atoms with Crippen molar-refractivity contribution in [1.29, 1.82) is 0 Å². The van der Waals surface area contributed by atoms with Crippen molar-refractivity contribution in [3.63, 3.8) is 0 Å². The highest BCUT2D eigenvalue weighted by atomic mass is 35.5. The minimum absolute atomic E-state index is 0.0196. The van der Waals surface area contributed by atoms with Gasteiger partial charge in [-0.15, -0.1) is 0 Å². The zero-order valence-corrected chi connectivity index (χ0v) is 45.1. The summed E-state index contributed by atoms with van der Waals surface area (Å²) in [7, 11) is 0. The number of carbonyl (C=O) groups is 3. The van der Waals surface area contributed by atoms with Crippen molar-refractivity contribution in [2.75, 3.05) is 19.8 Å². The van der Waals surface area contributed by atoms with Crippen LogP contribution in [-0.2, 0) is 61.4 Å². The number of hydrazone groups is 2. The lowest BCUT2D eigenvalue weighted by molar-refractivity contribution is -0.527. The largest absolute Gasteiger partial charge is 0.511 e. The second-order valence-electron chi connectivity index (χ2n) is 18.9. The molecule has 2 aliphatic rings. The van der Waals surface area contributed by atoms with Crippen LogP contribution in [0.15, 0.2) is 150 Å². The van der Waals surface area contributed by atoms with Gasteiger partial charge >= 0.3 is 18.1 Å². The van der Waals surface area contributed by atoms with Gasteiger partial charge in [-0.05, 0) is 52.6 Å². The summed E-state index contributed by atoms with van der Waals surface area (Å²) in [5.74, 6) is 5.80. The van der Waals surface area contributed by atoms with Gasteiger partial charge < -0.3 is 38.8 Å². The molecule has 2 fully saturated rings. The molecule has 6 atom stereocenters. The monoisotopic (exact) mass is 1130 g/mol. The molecule has 5 aromatic carbocycles. The highest BCUT2D eigenvalue weighted by Gasteiger charge is 2.52. The maximum Gasteiger partial charge on any atom is 0.511 e. The van der Waals surface area contributed by atoms with E-state index in [-0.39, 0.29) is 49.9 Å². The molecule has 23 nitrogen and oxygen atoms in total. The molecule has 1 aromatic heterocycles. The number of esters is 2. The SMILES string of the molecule is C=NN(/C(=N\N)c1ccccc1-c1ccc(Cn2c(CCCC)nc(Cl)c2C(=O)OC(C)OC(=O)O[C@@H]2CO[C@H]3[C@@H]2OC[C@H]3OC(=O)CCCC(CON(O)O)ON(O)O)cc1)C(c1ccccc1)(c1ccccc1)c1ccccc1. The van der Waals surface area contributed by atoms with Crippen molar-refractivity contribution in [3.8, 4) is 11.1 Å². The molecule has 3 heterocycles. The number of carbonyl (C=O) groups excluding carboxylic acids is 3. The first-order chi connectivity index (χ1) is 39.2. The molecule has 0 bridgehead atoms. The molecule has 6 N–H and O–H groups in total. The topological polar surface area (TPSA) is 284 Å². The molecule has 8 rings (SSSR count). The smallest absolute Gasteiger partial charge is 0.457 e. The van der Waals surface area contributed by atoms with Crippen LogP contribution in [0.5, 0.6) is 0 Å². The molecular weight excluding hydrogens is 1070 g/mol. The molecule has 0 amide bonds. The van der Waals surface area contributed by atoms with E-state index in [1.54, 1.807) is 9.58 Å². The van der Waals surface area contributed by atoms with Gasteiger partial charge in [0.2, 0.25) is 6.29 Å². The number of unbranched alkanes of at least 4 members (excludes halogenated alkanes) is 1. The Kier molecular flexibility index (Phi) is 20.7. The van der Waals surface area contributed by atoms with Crippen LogP contribution in [0.3, 0.4) is 0 Å². The summed E-state index contributed by atoms with van der Waals surface area (Å²) >= 11 is 6.71. The summed E-state index contributed by atoms with van der Waals surface area (Å²) in [5.41, 5.74) is 4.72. The first-order valence-electron chi connectivity index (χ1n) is 26.1. The Morgan fingerprint density at radius 3 is 1.94 bits per heavy atom. The lowest BCUT2D eigenvalue weighted by atomic mass is 9.76. The van der Waals surface area contributed by atoms with Crippen molar-refractivity contribution in [2.45, 2.75) is 101 Å². The summed E-state index contributed by atoms with van der Waals surface area (Å²) in [6.45, 7) is 6.97. The van der Waals surface area contributed by atoms with Crippen molar-refractivity contribution >= 4 is 42.2 Å². The van der Waals surface area contributed by atoms with Crippen molar-refractivity contribution in [2.24, 2.45) is 16.0 Å². The maximum atomic E-state index is 14.0. The van der Waals surface area contributed by atoms with Crippen LogP contribution < -0.4 is 5.84 Å². The minimum Gasteiger partial charge on any atom is -0.457 e. The summed E-state index contributed by atoms with van der Waals surface area (Å²) in [5, 5.41) is 45.2. The molecule has 0 spiro atoms. The quantitative estimate of drug-likeness (QED) is 0.00498. The Balaban J connectivity index is 0.931. The zero-order chi connectivity index (χ0) is 57.5. The second kappa shape index (κ2) is 28.2. The molecule has 2 aliphatic heterocycles. The summed E-state index contributed by atoms with van der Waals surface area (Å²) in [4.78, 5) is 53.4. The van der Waals surface area contributed by atoms with Crippen LogP contribution >= 0.6 is 11.6 Å². The molecule has 428 valence electrons. The molecular formula is C57H63ClN8O15. The number of hydrogen-bond donors (Lipinski definition) is 5. The van der Waals surface area contributed by atoms with Gasteiger partial charge in [-0.1, -0.05) is 164 Å². The third-order valence-electron chi connectivity index (χ3n) is 13.6. The van der Waals surface area contributed by atoms with Crippen LogP contribution in [0, 0.1) is 0 Å². The number of nitrogens with zero attached hydrogens (tertiary/aromatic N) is 7. The third kappa shape index (κ3) is 14.3. The van der Waals surface area contributed by atoms with Gasteiger partial charge in [-0.25, -0.2) is 29.3 Å². The first-order valence-corrected chi connectivity index (χ1v) is 26.4. The fourth-order valence-corrected chi connectivity index (χ4v) is 10.3. The van der Waals surface area contributed by atoms with Gasteiger partial charge in [-0.2, -0.15) is 10.2 Å². The number of halogens is 1. The first kappa shape index (κ1) is 59.5. The lowest BCUT2D eigenvalue weighted by Gasteiger charge is -2.43. The van der Waals surface area contributed by atoms with Gasteiger partial charge in [0.05, 0.1) is 24.0 Å². The lowest BCUT2D eigenvalue weighted by Crippen LogP contribution is -2.49. The van der Waals surface area contributed by atoms with E-state index in [4.69, 9.17) is 71.8 Å². The van der Waals surface area contributed by atoms with E-state index in [0.29, 0.717) is 23.6 Å². The summed E-state index contributed by atoms with van der Waals surface area (Å²) in [6.07, 6.45) is -5.02. The minimum atomic E-state index is -1.45. The molecule has 2 saturated heterocycles. The molecule has 24 heteroatoms. The van der Waals surface area contributed by atoms with E-state index in [0.717, 1.165) is 46.2 Å². The number of aryl methyl sites for hydroxylation is 1. The van der Waals surface area contributed by atoms with Gasteiger partial charge in [0.15, 0.2) is 28.9 Å². The fraction of sp³-hybridized carbons (Fsp3) is 0.333. The average molecular weight is 1140 g/mol. The highest BCUT2D eigenvalue weighted by Crippen LogP contribution is 2.44. The van der Waals surface area contributed by atoms with Crippen LogP contribution in [0.25, 0.3) is 11.1 Å². The number of benzene rings is 5. The Labute approximate surface area is 471 Å². The van der Waals surface area contributed by atoms with Gasteiger partial charge in [0.1, 0.15) is 36.3 Å². The van der Waals surface area contributed by atoms with Crippen LogP contribution in [0.4, 0.5) is 4.79 Å². The van der Waals surface area contributed by atoms with Crippen molar-refractivity contribution in [3.05, 3.63) is 184 Å². The van der Waals surface area contributed by atoms with E-state index in [9.17, 15) is 14.4 Å². The molecule has 81 heavy (non-hydrogen) atoms. The van der Waals surface area contributed by atoms with Crippen LogP contribution in [0.2, 0.25) is 5.15 Å². The third-order valence-corrected chi connectivity index (χ3v) is 13.9. The zero-order valence-electron chi connectivity index (χ0n) is 44.4. The number of aromatic nitrogens is 2. The second-order valence-corrected chi connectivity index (χ2v) is 19.2.